The van der Waals surface area contributed by atoms with Crippen LogP contribution in [0.15, 0.2) is 30.3 Å². The molecule has 0 bridgehead atoms. The Hall–Kier alpha value is -1.88. The van der Waals surface area contributed by atoms with Gasteiger partial charge in [0.2, 0.25) is 0 Å². The molecule has 0 saturated carbocycles. The normalized spacial score (nSPS) is 22.6. The van der Waals surface area contributed by atoms with E-state index in [1.807, 2.05) is 6.07 Å². The summed E-state index contributed by atoms with van der Waals surface area (Å²) in [6.07, 6.45) is 4.63. The average molecular weight is 386 g/mol. The van der Waals surface area contributed by atoms with E-state index >= 15 is 0 Å². The highest BCUT2D eigenvalue weighted by atomic mass is 16.2. The first kappa shape index (κ1) is 20.8. The number of nitrogens with one attached hydrogen (secondary N) is 2. The molecule has 2 aliphatic heterocycles. The summed E-state index contributed by atoms with van der Waals surface area (Å²) in [6, 6.07) is 10.5. The molecule has 2 fully saturated rings. The van der Waals surface area contributed by atoms with Gasteiger partial charge in [0.05, 0.1) is 0 Å². The van der Waals surface area contributed by atoms with Crippen molar-refractivity contribution in [2.45, 2.75) is 76.9 Å². The van der Waals surface area contributed by atoms with E-state index in [-0.39, 0.29) is 23.0 Å². The van der Waals surface area contributed by atoms with Gasteiger partial charge in [0, 0.05) is 30.2 Å². The van der Waals surface area contributed by atoms with Gasteiger partial charge in [-0.05, 0) is 71.3 Å². The van der Waals surface area contributed by atoms with Gasteiger partial charge in [-0.15, -0.1) is 0 Å². The Labute approximate surface area is 169 Å². The molecule has 1 aromatic carbocycles. The number of likely N-dealkylation sites (tertiary alicyclic amines) is 1. The summed E-state index contributed by atoms with van der Waals surface area (Å²) in [5.74, 6) is -0.229. The van der Waals surface area contributed by atoms with Crippen LogP contribution in [0.1, 0.15) is 58.9 Å². The molecule has 154 valence electrons. The molecule has 0 spiro atoms. The molecule has 1 aromatic rings. The van der Waals surface area contributed by atoms with Crippen LogP contribution in [0.3, 0.4) is 0 Å². The molecule has 0 atom stereocenters. The second-order valence-electron chi connectivity index (χ2n) is 9.90. The molecule has 0 unspecified atom stereocenters. The lowest BCUT2D eigenvalue weighted by Crippen LogP contribution is -2.63. The Kier molecular flexibility index (Phi) is 6.13. The summed E-state index contributed by atoms with van der Waals surface area (Å²) in [5.41, 5.74) is 1.23. The molecule has 5 heteroatoms. The topological polar surface area (TPSA) is 61.4 Å². The summed E-state index contributed by atoms with van der Waals surface area (Å²) in [6.45, 7) is 9.93. The molecule has 2 saturated heterocycles. The highest BCUT2D eigenvalue weighted by molar-refractivity contribution is 6.35. The zero-order valence-corrected chi connectivity index (χ0v) is 17.8. The lowest BCUT2D eigenvalue weighted by atomic mass is 9.79. The number of benzene rings is 1. The maximum absolute atomic E-state index is 12.7. The summed E-state index contributed by atoms with van der Waals surface area (Å²) < 4.78 is 0. The maximum atomic E-state index is 12.7. The quantitative estimate of drug-likeness (QED) is 0.787. The van der Waals surface area contributed by atoms with Crippen molar-refractivity contribution in [1.29, 1.82) is 0 Å². The number of rotatable bonds is 3. The minimum Gasteiger partial charge on any atom is -0.345 e. The monoisotopic (exact) mass is 385 g/mol. The van der Waals surface area contributed by atoms with Gasteiger partial charge in [-0.1, -0.05) is 30.3 Å². The largest absolute Gasteiger partial charge is 0.345 e. The fourth-order valence-electron chi connectivity index (χ4n) is 5.10. The van der Waals surface area contributed by atoms with E-state index in [0.29, 0.717) is 19.0 Å². The van der Waals surface area contributed by atoms with Gasteiger partial charge in [-0.2, -0.15) is 0 Å². The molecular weight excluding hydrogens is 350 g/mol. The molecule has 3 rings (SSSR count). The lowest BCUT2D eigenvalue weighted by Gasteiger charge is -2.46. The van der Waals surface area contributed by atoms with Crippen molar-refractivity contribution in [3.8, 4) is 0 Å². The maximum Gasteiger partial charge on any atom is 0.311 e. The molecule has 2 amide bonds. The number of hydrogen-bond acceptors (Lipinski definition) is 3. The average Bonchev–Trinajstić information content (AvgIpc) is 2.60. The Morgan fingerprint density at radius 2 is 1.61 bits per heavy atom. The van der Waals surface area contributed by atoms with E-state index in [0.717, 1.165) is 32.1 Å². The van der Waals surface area contributed by atoms with Crippen molar-refractivity contribution in [3.63, 3.8) is 0 Å². The number of nitrogens with zero attached hydrogens (tertiary/aromatic N) is 1. The second kappa shape index (κ2) is 8.24. The van der Waals surface area contributed by atoms with Crippen LogP contribution in [0.5, 0.6) is 0 Å². The number of carbonyl (C=O) groups excluding carboxylic acids is 2. The molecule has 2 aliphatic rings. The third-order valence-electron chi connectivity index (χ3n) is 5.99. The first-order chi connectivity index (χ1) is 13.1. The number of hydrogen-bond donors (Lipinski definition) is 2. The van der Waals surface area contributed by atoms with Gasteiger partial charge >= 0.3 is 11.8 Å². The molecule has 0 aliphatic carbocycles. The SMILES string of the molecule is CC1(C)CC(NC(=O)C(=O)N2CCC(Cc3ccccc3)CC2)CC(C)(C)N1. The van der Waals surface area contributed by atoms with E-state index in [2.05, 4.69) is 62.6 Å². The zero-order chi connectivity index (χ0) is 20.4. The smallest absolute Gasteiger partial charge is 0.311 e. The Balaban J connectivity index is 1.49. The van der Waals surface area contributed by atoms with Crippen molar-refractivity contribution in [3.05, 3.63) is 35.9 Å². The number of carbonyl (C=O) groups is 2. The van der Waals surface area contributed by atoms with Gasteiger partial charge in [-0.25, -0.2) is 0 Å². The fourth-order valence-corrected chi connectivity index (χ4v) is 5.10. The fraction of sp³-hybridized carbons (Fsp3) is 0.652. The standard InChI is InChI=1S/C23H35N3O2/c1-22(2)15-19(16-23(3,4)25-22)24-20(27)21(28)26-12-10-18(11-13-26)14-17-8-6-5-7-9-17/h5-9,18-19,25H,10-16H2,1-4H3,(H,24,27). The summed E-state index contributed by atoms with van der Waals surface area (Å²) >= 11 is 0. The third kappa shape index (κ3) is 5.57. The van der Waals surface area contributed by atoms with Crippen LogP contribution in [-0.2, 0) is 16.0 Å². The first-order valence-electron chi connectivity index (χ1n) is 10.6. The number of amides is 2. The van der Waals surface area contributed by atoms with Crippen LogP contribution in [0, 0.1) is 5.92 Å². The summed E-state index contributed by atoms with van der Waals surface area (Å²) in [5, 5.41) is 6.61. The molecule has 28 heavy (non-hydrogen) atoms. The van der Waals surface area contributed by atoms with Crippen molar-refractivity contribution in [2.24, 2.45) is 5.92 Å². The van der Waals surface area contributed by atoms with Crippen molar-refractivity contribution < 1.29 is 9.59 Å². The van der Waals surface area contributed by atoms with Gasteiger partial charge in [0.1, 0.15) is 0 Å². The van der Waals surface area contributed by atoms with Crippen molar-refractivity contribution >= 4 is 11.8 Å². The van der Waals surface area contributed by atoms with Crippen LogP contribution in [0.25, 0.3) is 0 Å². The van der Waals surface area contributed by atoms with Gasteiger partial charge < -0.3 is 15.5 Å². The summed E-state index contributed by atoms with van der Waals surface area (Å²) in [4.78, 5) is 27.0. The molecule has 2 heterocycles. The highest BCUT2D eigenvalue weighted by Crippen LogP contribution is 2.28. The van der Waals surface area contributed by atoms with E-state index in [9.17, 15) is 9.59 Å². The van der Waals surface area contributed by atoms with Crippen LogP contribution < -0.4 is 10.6 Å². The second-order valence-corrected chi connectivity index (χ2v) is 9.90. The first-order valence-corrected chi connectivity index (χ1v) is 10.6. The van der Waals surface area contributed by atoms with Gasteiger partial charge in [-0.3, -0.25) is 9.59 Å². The zero-order valence-electron chi connectivity index (χ0n) is 17.8. The van der Waals surface area contributed by atoms with Crippen molar-refractivity contribution in [2.75, 3.05) is 13.1 Å². The molecule has 2 N–H and O–H groups in total. The Morgan fingerprint density at radius 3 is 2.18 bits per heavy atom. The van der Waals surface area contributed by atoms with E-state index in [4.69, 9.17) is 0 Å². The van der Waals surface area contributed by atoms with E-state index in [1.165, 1.54) is 5.56 Å². The molecule has 5 nitrogen and oxygen atoms in total. The van der Waals surface area contributed by atoms with Crippen LogP contribution >= 0.6 is 0 Å². The van der Waals surface area contributed by atoms with Crippen LogP contribution in [0.2, 0.25) is 0 Å². The van der Waals surface area contributed by atoms with Crippen LogP contribution in [0.4, 0.5) is 0 Å². The predicted molar refractivity (Wildman–Crippen MR) is 112 cm³/mol. The van der Waals surface area contributed by atoms with Gasteiger partial charge in [0.25, 0.3) is 0 Å². The van der Waals surface area contributed by atoms with Gasteiger partial charge in [0.15, 0.2) is 0 Å². The summed E-state index contributed by atoms with van der Waals surface area (Å²) in [7, 11) is 0. The Morgan fingerprint density at radius 1 is 1.04 bits per heavy atom. The third-order valence-corrected chi connectivity index (χ3v) is 5.99. The van der Waals surface area contributed by atoms with Crippen molar-refractivity contribution in [1.82, 2.24) is 15.5 Å². The van der Waals surface area contributed by atoms with Crippen LogP contribution in [-0.4, -0.2) is 46.9 Å². The van der Waals surface area contributed by atoms with E-state index < -0.39 is 5.91 Å². The molecule has 0 radical (unpaired) electrons. The lowest BCUT2D eigenvalue weighted by molar-refractivity contribution is -0.147. The minimum absolute atomic E-state index is 0.0262. The molecular formula is C23H35N3O2. The molecule has 0 aromatic heterocycles. The predicted octanol–water partition coefficient (Wildman–Crippen LogP) is 2.89. The minimum atomic E-state index is -0.444. The van der Waals surface area contributed by atoms with E-state index in [1.54, 1.807) is 4.90 Å². The Bertz CT molecular complexity index is 675. The number of piperidine rings is 2. The highest BCUT2D eigenvalue weighted by Gasteiger charge is 2.39.